The number of methoxy groups -OCH3 is 4. The predicted molar refractivity (Wildman–Crippen MR) is 368 cm³/mol. The number of nitrogens with two attached hydrogens (primary N) is 1. The molecule has 2 aromatic carbocycles. The van der Waals surface area contributed by atoms with E-state index in [0.29, 0.717) is 68.1 Å². The van der Waals surface area contributed by atoms with Crippen molar-refractivity contribution < 1.29 is 62.3 Å². The molecule has 0 aliphatic heterocycles. The number of esters is 2. The molecule has 4 aromatic rings. The van der Waals surface area contributed by atoms with Crippen LogP contribution in [0, 0.1) is 35.5 Å². The lowest BCUT2D eigenvalue weighted by atomic mass is 9.92. The van der Waals surface area contributed by atoms with Crippen LogP contribution >= 0.6 is 22.7 Å². The molecule has 0 saturated carbocycles. The quantitative estimate of drug-likeness (QED) is 0.0105. The van der Waals surface area contributed by atoms with Crippen molar-refractivity contribution in [3.05, 3.63) is 114 Å². The van der Waals surface area contributed by atoms with E-state index in [9.17, 15) is 34.3 Å². The lowest BCUT2D eigenvalue weighted by Gasteiger charge is -2.38. The third kappa shape index (κ3) is 27.7. The second-order valence-electron chi connectivity index (χ2n) is 24.4. The van der Waals surface area contributed by atoms with Crippen molar-refractivity contribution in [2.24, 2.45) is 46.4 Å². The van der Waals surface area contributed by atoms with Gasteiger partial charge in [0.15, 0.2) is 0 Å². The highest BCUT2D eigenvalue weighted by atomic mass is 32.1. The number of rotatable bonds is 41. The number of benzene rings is 2. The molecule has 12 atom stereocenters. The van der Waals surface area contributed by atoms with Crippen LogP contribution in [0.3, 0.4) is 0 Å². The van der Waals surface area contributed by atoms with E-state index in [0.717, 1.165) is 37.5 Å². The summed E-state index contributed by atoms with van der Waals surface area (Å²) in [5.41, 5.74) is 18.2. The number of thiazole rings is 2. The van der Waals surface area contributed by atoms with Gasteiger partial charge in [0, 0.05) is 87.1 Å². The van der Waals surface area contributed by atoms with Crippen molar-refractivity contribution in [1.29, 1.82) is 0 Å². The predicted octanol–water partition coefficient (Wildman–Crippen LogP) is 11.7. The molecule has 23 nitrogen and oxygen atoms in total. The third-order valence-corrected chi connectivity index (χ3v) is 18.4. The Balaban J connectivity index is 0.000000624. The van der Waals surface area contributed by atoms with E-state index < -0.39 is 36.1 Å². The zero-order valence-electron chi connectivity index (χ0n) is 58.8. The maximum absolute atomic E-state index is 13.9. The van der Waals surface area contributed by atoms with Gasteiger partial charge in [-0.05, 0) is 78.9 Å². The van der Waals surface area contributed by atoms with Crippen LogP contribution in [0.25, 0.3) is 10.4 Å². The Morgan fingerprint density at radius 3 is 1.31 bits per heavy atom. The minimum absolute atomic E-state index is 0.00288. The Hall–Kier alpha value is -6.41. The average molecular weight is 1350 g/mol. The molecular weight excluding hydrogens is 1240 g/mol. The van der Waals surface area contributed by atoms with Gasteiger partial charge in [0.05, 0.1) is 32.1 Å². The van der Waals surface area contributed by atoms with Crippen LogP contribution in [0.5, 0.6) is 0 Å². The van der Waals surface area contributed by atoms with E-state index >= 15 is 0 Å². The molecule has 94 heavy (non-hydrogen) atoms. The van der Waals surface area contributed by atoms with E-state index in [1.807, 2.05) is 126 Å². The summed E-state index contributed by atoms with van der Waals surface area (Å²) >= 11 is 2.64. The number of hydrogen-bond donors (Lipinski definition) is 4. The van der Waals surface area contributed by atoms with Crippen LogP contribution in [0.1, 0.15) is 189 Å². The standard InChI is InChI=1S/C34H52N6O6S.C34H54N4O6S.CH4O/c1-9-16-40(33(42)30(38-39-35)23(5)10-2)28(22(3)4)19-29(46-21-44-7)32-37-27(20-47-32)31(41)36-26(17-24(6)34(43)45-8)18-25-14-12-11-13-15-25;1-9-16-38(33(40)30(35)23(5)10-2)28(22(3)4)19-29(44-21-42-7)32-37-27(20-45-32)31(39)36-26(17-24(6)34(41)43-8)18-25-14-12-11-13-15-25;1-2/h11-15,20,22-24,26,28-30H,9-10,16-19,21H2,1-8H3,(H,36,41);11-15,20,22-24,26,28-30H,9-10,16-19,21,35H2,1-8H3,(H,36,39);2H,1H3/t2*23?,24-,26+,28+,29+,30-;/m00./s1. The van der Waals surface area contributed by atoms with Crippen LogP contribution in [0.15, 0.2) is 76.5 Å². The number of nitrogens with zero attached hydrogens (tertiary/aromatic N) is 7. The summed E-state index contributed by atoms with van der Waals surface area (Å²) in [7, 11) is 6.80. The summed E-state index contributed by atoms with van der Waals surface area (Å²) in [6.07, 6.45) is 4.74. The number of aliphatic hydroxyl groups excluding tert-OH is 1. The van der Waals surface area contributed by atoms with Crippen LogP contribution in [0.2, 0.25) is 0 Å². The highest BCUT2D eigenvalue weighted by Crippen LogP contribution is 2.34. The Morgan fingerprint density at radius 2 is 0.979 bits per heavy atom. The molecule has 0 aliphatic carbocycles. The normalized spacial score (nSPS) is 15.0. The van der Waals surface area contributed by atoms with Gasteiger partial charge in [-0.3, -0.25) is 28.8 Å². The van der Waals surface area contributed by atoms with Crippen LogP contribution in [0.4, 0.5) is 0 Å². The lowest BCUT2D eigenvalue weighted by molar-refractivity contribution is -0.146. The van der Waals surface area contributed by atoms with E-state index in [4.69, 9.17) is 44.2 Å². The smallest absolute Gasteiger partial charge is 0.308 e. The number of hydrogen-bond acceptors (Lipinski definition) is 19. The molecular formula is C69H110N10O13S2. The van der Waals surface area contributed by atoms with Gasteiger partial charge in [-0.25, -0.2) is 9.97 Å². The molecule has 2 unspecified atom stereocenters. The van der Waals surface area contributed by atoms with E-state index in [1.165, 1.54) is 44.0 Å². The van der Waals surface area contributed by atoms with Crippen LogP contribution < -0.4 is 16.4 Å². The first-order valence-electron chi connectivity index (χ1n) is 32.8. The zero-order valence-corrected chi connectivity index (χ0v) is 60.4. The average Bonchev–Trinajstić information content (AvgIpc) is 1.54. The number of ether oxygens (including phenoxy) is 6. The summed E-state index contributed by atoms with van der Waals surface area (Å²) in [6.45, 7) is 24.9. The Kier molecular flexibility index (Phi) is 40.8. The van der Waals surface area contributed by atoms with Gasteiger partial charge in [-0.15, -0.1) is 22.7 Å². The highest BCUT2D eigenvalue weighted by molar-refractivity contribution is 7.10. The molecule has 0 aliphatic rings. The van der Waals surface area contributed by atoms with E-state index in [1.54, 1.807) is 31.7 Å². The van der Waals surface area contributed by atoms with Crippen molar-refractivity contribution in [3.63, 3.8) is 0 Å². The number of aliphatic hydroxyl groups is 1. The molecule has 526 valence electrons. The minimum Gasteiger partial charge on any atom is -0.469 e. The van der Waals surface area contributed by atoms with Gasteiger partial charge in [-0.2, -0.15) is 0 Å². The molecule has 25 heteroatoms. The zero-order chi connectivity index (χ0) is 70.5. The molecule has 4 rings (SSSR count). The summed E-state index contributed by atoms with van der Waals surface area (Å²) in [4.78, 5) is 94.9. The van der Waals surface area contributed by atoms with E-state index in [2.05, 4.69) is 39.5 Å². The first-order chi connectivity index (χ1) is 45.0. The maximum atomic E-state index is 13.9. The fourth-order valence-electron chi connectivity index (χ4n) is 10.9. The highest BCUT2D eigenvalue weighted by Gasteiger charge is 2.37. The Labute approximate surface area is 566 Å². The molecule has 2 aromatic heterocycles. The molecule has 0 saturated heterocycles. The first kappa shape index (κ1) is 83.7. The summed E-state index contributed by atoms with van der Waals surface area (Å²) in [5.74, 6) is -2.30. The van der Waals surface area contributed by atoms with Crippen molar-refractivity contribution in [1.82, 2.24) is 30.4 Å². The molecule has 2 heterocycles. The molecule has 4 amide bonds. The monoisotopic (exact) mass is 1350 g/mol. The van der Waals surface area contributed by atoms with Gasteiger partial charge in [-0.1, -0.05) is 162 Å². The van der Waals surface area contributed by atoms with Gasteiger partial charge >= 0.3 is 11.9 Å². The van der Waals surface area contributed by atoms with Crippen molar-refractivity contribution in [2.45, 2.75) is 196 Å². The third-order valence-electron chi connectivity index (χ3n) is 16.5. The number of nitrogens with one attached hydrogen (secondary N) is 2. The van der Waals surface area contributed by atoms with Crippen molar-refractivity contribution >= 4 is 58.2 Å². The van der Waals surface area contributed by atoms with Gasteiger partial charge < -0.3 is 59.7 Å². The lowest BCUT2D eigenvalue weighted by Crippen LogP contribution is -2.53. The molecule has 0 bridgehead atoms. The fraction of sp³-hybridized carbons (Fsp3) is 0.652. The summed E-state index contributed by atoms with van der Waals surface area (Å²) in [5, 5.41) is 21.7. The minimum atomic E-state index is -0.808. The van der Waals surface area contributed by atoms with Crippen LogP contribution in [-0.4, -0.2) is 159 Å². The fourth-order valence-corrected chi connectivity index (χ4v) is 12.6. The van der Waals surface area contributed by atoms with Gasteiger partial charge in [0.1, 0.15) is 53.2 Å². The van der Waals surface area contributed by atoms with Gasteiger partial charge in [0.25, 0.3) is 11.8 Å². The number of amides is 4. The number of aromatic nitrogens is 2. The number of carbonyl (C=O) groups is 6. The van der Waals surface area contributed by atoms with Crippen molar-refractivity contribution in [2.75, 3.05) is 62.2 Å². The molecule has 5 N–H and O–H groups in total. The first-order valence-corrected chi connectivity index (χ1v) is 34.6. The number of azide groups is 1. The van der Waals surface area contributed by atoms with Crippen molar-refractivity contribution in [3.8, 4) is 0 Å². The second kappa shape index (κ2) is 45.9. The SMILES string of the molecule is CCCN(C(=O)[C@@H](N)C(C)CC)[C@H](C[C@@H](OCOC)c1nc(C(=O)N[C@@H](Cc2ccccc2)C[C@H](C)C(=O)OC)cs1)C(C)C.CCCN(C(=O)[C@@H](N=[N+]=[N-])C(C)CC)[C@H](C[C@@H](OCOC)c1nc(C(=O)N[C@@H](Cc2ccccc2)C[C@H](C)C(=O)OC)cs1)C(C)C.CO. The molecule has 0 spiro atoms. The summed E-state index contributed by atoms with van der Waals surface area (Å²) in [6, 6.07) is 17.1. The largest absolute Gasteiger partial charge is 0.469 e. The Morgan fingerprint density at radius 1 is 0.596 bits per heavy atom. The maximum Gasteiger partial charge on any atom is 0.308 e. The molecule has 0 radical (unpaired) electrons. The second-order valence-corrected chi connectivity index (χ2v) is 26.2. The van der Waals surface area contributed by atoms with Crippen LogP contribution in [-0.2, 0) is 60.4 Å². The van der Waals surface area contributed by atoms with E-state index in [-0.39, 0.29) is 108 Å². The molecule has 0 fully saturated rings. The topological polar surface area (TPSA) is 309 Å². The number of carbonyl (C=O) groups excluding carboxylic acids is 6. The van der Waals surface area contributed by atoms with Gasteiger partial charge in [0.2, 0.25) is 11.8 Å². The summed E-state index contributed by atoms with van der Waals surface area (Å²) < 4.78 is 32.5. The Bertz CT molecular complexity index is 2860.